The van der Waals surface area contributed by atoms with Crippen LogP contribution < -0.4 is 10.6 Å². The largest absolute Gasteiger partial charge is 0.357 e. The van der Waals surface area contributed by atoms with Gasteiger partial charge in [0.25, 0.3) is 0 Å². The van der Waals surface area contributed by atoms with Crippen molar-refractivity contribution in [3.05, 3.63) is 35.5 Å². The van der Waals surface area contributed by atoms with Crippen LogP contribution in [0.15, 0.2) is 24.3 Å². The lowest BCUT2D eigenvalue weighted by atomic mass is 10.2. The maximum absolute atomic E-state index is 11.0. The number of hydrogen-bond acceptors (Lipinski definition) is 1. The Labute approximate surface area is 94.0 Å². The van der Waals surface area contributed by atoms with Crippen LogP contribution in [0.5, 0.6) is 0 Å². The van der Waals surface area contributed by atoms with Crippen molar-refractivity contribution in [2.75, 3.05) is 7.05 Å². The molecular weight excluding hydrogens is 202 g/mol. The molecule has 0 fully saturated rings. The predicted molar refractivity (Wildman–Crippen MR) is 64.3 cm³/mol. The van der Waals surface area contributed by atoms with Crippen LogP contribution in [-0.2, 0) is 6.54 Å². The molecule has 1 aromatic heterocycles. The van der Waals surface area contributed by atoms with E-state index in [1.165, 1.54) is 10.9 Å². The molecule has 0 spiro atoms. The second-order valence-corrected chi connectivity index (χ2v) is 3.82. The van der Waals surface area contributed by atoms with E-state index in [1.54, 1.807) is 7.05 Å². The number of carbonyl (C=O) groups is 1. The van der Waals surface area contributed by atoms with Crippen LogP contribution in [0.1, 0.15) is 11.3 Å². The van der Waals surface area contributed by atoms with E-state index in [-0.39, 0.29) is 6.03 Å². The van der Waals surface area contributed by atoms with E-state index in [2.05, 4.69) is 40.7 Å². The number of urea groups is 1. The molecule has 3 N–H and O–H groups in total. The molecule has 2 rings (SSSR count). The standard InChI is InChI=1S/C12H15N3O/c1-8-3-4-9-6-10(15-11(9)5-8)7-14-12(16)13-2/h3-6,15H,7H2,1-2H3,(H2,13,14,16). The van der Waals surface area contributed by atoms with Crippen LogP contribution in [0.3, 0.4) is 0 Å². The predicted octanol–water partition coefficient (Wildman–Crippen LogP) is 1.91. The molecule has 0 aliphatic heterocycles. The van der Waals surface area contributed by atoms with Gasteiger partial charge in [-0.25, -0.2) is 4.79 Å². The van der Waals surface area contributed by atoms with Crippen molar-refractivity contribution in [2.24, 2.45) is 0 Å². The van der Waals surface area contributed by atoms with Gasteiger partial charge in [-0.1, -0.05) is 12.1 Å². The summed E-state index contributed by atoms with van der Waals surface area (Å²) < 4.78 is 0. The average Bonchev–Trinajstić information content (AvgIpc) is 2.67. The lowest BCUT2D eigenvalue weighted by Crippen LogP contribution is -2.32. The third kappa shape index (κ3) is 2.16. The summed E-state index contributed by atoms with van der Waals surface area (Å²) in [4.78, 5) is 14.3. The summed E-state index contributed by atoms with van der Waals surface area (Å²) >= 11 is 0. The number of H-pyrrole nitrogens is 1. The minimum Gasteiger partial charge on any atom is -0.357 e. The lowest BCUT2D eigenvalue weighted by molar-refractivity contribution is 0.242. The summed E-state index contributed by atoms with van der Waals surface area (Å²) in [6.07, 6.45) is 0. The van der Waals surface area contributed by atoms with E-state index in [0.29, 0.717) is 6.54 Å². The summed E-state index contributed by atoms with van der Waals surface area (Å²) in [5.41, 5.74) is 3.33. The Balaban J connectivity index is 2.16. The molecule has 0 radical (unpaired) electrons. The third-order valence-corrected chi connectivity index (χ3v) is 2.50. The molecule has 1 heterocycles. The summed E-state index contributed by atoms with van der Waals surface area (Å²) in [6, 6.07) is 8.12. The molecule has 2 amide bonds. The molecule has 0 bridgehead atoms. The van der Waals surface area contributed by atoms with E-state index in [1.807, 2.05) is 6.07 Å². The first-order chi connectivity index (χ1) is 7.69. The SMILES string of the molecule is CNC(=O)NCc1cc2ccc(C)cc2[nH]1. The number of nitrogens with one attached hydrogen (secondary N) is 3. The normalized spacial score (nSPS) is 10.4. The van der Waals surface area contributed by atoms with Gasteiger partial charge in [0.2, 0.25) is 0 Å². The number of aromatic nitrogens is 1. The quantitative estimate of drug-likeness (QED) is 0.707. The summed E-state index contributed by atoms with van der Waals surface area (Å²) in [5.74, 6) is 0. The zero-order valence-electron chi connectivity index (χ0n) is 9.42. The highest BCUT2D eigenvalue weighted by molar-refractivity contribution is 5.81. The second-order valence-electron chi connectivity index (χ2n) is 3.82. The van der Waals surface area contributed by atoms with Gasteiger partial charge in [-0.3, -0.25) is 0 Å². The fourth-order valence-corrected chi connectivity index (χ4v) is 1.66. The van der Waals surface area contributed by atoms with Crippen molar-refractivity contribution < 1.29 is 4.79 Å². The highest BCUT2D eigenvalue weighted by Gasteiger charge is 2.02. The molecule has 0 saturated carbocycles. The highest BCUT2D eigenvalue weighted by Crippen LogP contribution is 2.16. The van der Waals surface area contributed by atoms with Gasteiger partial charge >= 0.3 is 6.03 Å². The zero-order chi connectivity index (χ0) is 11.5. The number of aryl methyl sites for hydroxylation is 1. The molecule has 2 aromatic rings. The minimum atomic E-state index is -0.171. The molecule has 0 unspecified atom stereocenters. The number of rotatable bonds is 2. The second kappa shape index (κ2) is 4.26. The van der Waals surface area contributed by atoms with Crippen LogP contribution in [0.4, 0.5) is 4.79 Å². The Morgan fingerprint density at radius 1 is 1.38 bits per heavy atom. The molecule has 0 saturated heterocycles. The Bertz CT molecular complexity index is 516. The third-order valence-electron chi connectivity index (χ3n) is 2.50. The van der Waals surface area contributed by atoms with Gasteiger partial charge in [0, 0.05) is 18.3 Å². The van der Waals surface area contributed by atoms with Gasteiger partial charge < -0.3 is 15.6 Å². The van der Waals surface area contributed by atoms with Crippen LogP contribution in [0.25, 0.3) is 10.9 Å². The lowest BCUT2D eigenvalue weighted by Gasteiger charge is -2.01. The Morgan fingerprint density at radius 2 is 2.19 bits per heavy atom. The maximum atomic E-state index is 11.0. The number of fused-ring (bicyclic) bond motifs is 1. The number of aromatic amines is 1. The van der Waals surface area contributed by atoms with Crippen molar-refractivity contribution in [1.82, 2.24) is 15.6 Å². The molecule has 4 heteroatoms. The van der Waals surface area contributed by atoms with Gasteiger partial charge in [-0.2, -0.15) is 0 Å². The van der Waals surface area contributed by atoms with Crippen LogP contribution in [0.2, 0.25) is 0 Å². The van der Waals surface area contributed by atoms with Crippen molar-refractivity contribution >= 4 is 16.9 Å². The fraction of sp³-hybridized carbons (Fsp3) is 0.250. The zero-order valence-corrected chi connectivity index (χ0v) is 9.42. The highest BCUT2D eigenvalue weighted by atomic mass is 16.2. The Kier molecular flexibility index (Phi) is 2.81. The molecule has 84 valence electrons. The summed E-state index contributed by atoms with van der Waals surface area (Å²) in [5, 5.41) is 6.42. The molecule has 0 aliphatic carbocycles. The Morgan fingerprint density at radius 3 is 2.94 bits per heavy atom. The van der Waals surface area contributed by atoms with Gasteiger partial charge in [-0.05, 0) is 30.0 Å². The number of amides is 2. The fourth-order valence-electron chi connectivity index (χ4n) is 1.66. The Hall–Kier alpha value is -1.97. The number of carbonyl (C=O) groups excluding carboxylic acids is 1. The molecule has 0 atom stereocenters. The van der Waals surface area contributed by atoms with Crippen molar-refractivity contribution in [2.45, 2.75) is 13.5 Å². The molecule has 16 heavy (non-hydrogen) atoms. The van der Waals surface area contributed by atoms with Gasteiger partial charge in [-0.15, -0.1) is 0 Å². The van der Waals surface area contributed by atoms with Crippen LogP contribution in [-0.4, -0.2) is 18.1 Å². The molecule has 4 nitrogen and oxygen atoms in total. The van der Waals surface area contributed by atoms with E-state index in [4.69, 9.17) is 0 Å². The summed E-state index contributed by atoms with van der Waals surface area (Å²) in [7, 11) is 1.60. The molecular formula is C12H15N3O. The van der Waals surface area contributed by atoms with E-state index < -0.39 is 0 Å². The number of benzene rings is 1. The first-order valence-electron chi connectivity index (χ1n) is 5.23. The van der Waals surface area contributed by atoms with Gasteiger partial charge in [0.1, 0.15) is 0 Å². The minimum absolute atomic E-state index is 0.171. The van der Waals surface area contributed by atoms with Crippen molar-refractivity contribution in [3.8, 4) is 0 Å². The van der Waals surface area contributed by atoms with Crippen molar-refractivity contribution in [3.63, 3.8) is 0 Å². The molecule has 0 aliphatic rings. The first kappa shape index (κ1) is 10.5. The topological polar surface area (TPSA) is 56.9 Å². The van der Waals surface area contributed by atoms with Gasteiger partial charge in [0.15, 0.2) is 0 Å². The van der Waals surface area contributed by atoms with Gasteiger partial charge in [0.05, 0.1) is 6.54 Å². The monoisotopic (exact) mass is 217 g/mol. The average molecular weight is 217 g/mol. The molecule has 1 aromatic carbocycles. The van der Waals surface area contributed by atoms with Crippen molar-refractivity contribution in [1.29, 1.82) is 0 Å². The van der Waals surface area contributed by atoms with Crippen LogP contribution >= 0.6 is 0 Å². The smallest absolute Gasteiger partial charge is 0.314 e. The van der Waals surface area contributed by atoms with E-state index in [9.17, 15) is 4.79 Å². The van der Waals surface area contributed by atoms with Crippen LogP contribution in [0, 0.1) is 6.92 Å². The van der Waals surface area contributed by atoms with E-state index >= 15 is 0 Å². The number of hydrogen-bond donors (Lipinski definition) is 3. The van der Waals surface area contributed by atoms with E-state index in [0.717, 1.165) is 11.2 Å². The summed E-state index contributed by atoms with van der Waals surface area (Å²) in [6.45, 7) is 2.57. The first-order valence-corrected chi connectivity index (χ1v) is 5.23. The maximum Gasteiger partial charge on any atom is 0.314 e.